The average molecular weight is 523 g/mol. The van der Waals surface area contributed by atoms with E-state index in [0.717, 1.165) is 0 Å². The number of fused-ring (bicyclic) bond motifs is 4. The second kappa shape index (κ2) is 7.54. The Labute approximate surface area is 214 Å². The molecular formula is C26H34O11. The molecule has 0 unspecified atom stereocenters. The van der Waals surface area contributed by atoms with Gasteiger partial charge in [0.1, 0.15) is 12.2 Å². The number of carbonyl (C=O) groups is 4. The highest BCUT2D eigenvalue weighted by atomic mass is 16.7. The van der Waals surface area contributed by atoms with Crippen LogP contribution in [0.2, 0.25) is 0 Å². The molecule has 0 radical (unpaired) electrons. The van der Waals surface area contributed by atoms with E-state index in [4.69, 9.17) is 23.7 Å². The maximum Gasteiger partial charge on any atom is 0.342 e. The molecule has 2 heterocycles. The number of hydrogen-bond donors (Lipinski definition) is 2. The number of rotatable bonds is 3. The molecule has 37 heavy (non-hydrogen) atoms. The molecule has 204 valence electrons. The molecular weight excluding hydrogens is 488 g/mol. The Morgan fingerprint density at radius 3 is 2.19 bits per heavy atom. The van der Waals surface area contributed by atoms with Gasteiger partial charge in [-0.1, -0.05) is 19.4 Å². The zero-order valence-electron chi connectivity index (χ0n) is 22.0. The summed E-state index contributed by atoms with van der Waals surface area (Å²) in [5.74, 6) is -4.27. The van der Waals surface area contributed by atoms with E-state index >= 15 is 0 Å². The third-order valence-corrected chi connectivity index (χ3v) is 9.67. The van der Waals surface area contributed by atoms with Crippen LogP contribution in [0.3, 0.4) is 0 Å². The highest BCUT2D eigenvalue weighted by molar-refractivity contribution is 5.90. The molecule has 1 spiro atoms. The number of aliphatic hydroxyl groups is 2. The van der Waals surface area contributed by atoms with Gasteiger partial charge in [-0.05, 0) is 25.8 Å². The molecule has 5 aliphatic rings. The van der Waals surface area contributed by atoms with Crippen molar-refractivity contribution in [3.05, 3.63) is 11.6 Å². The number of aliphatic hydroxyl groups excluding tert-OH is 1. The smallest absolute Gasteiger partial charge is 0.342 e. The van der Waals surface area contributed by atoms with Crippen molar-refractivity contribution in [2.75, 3.05) is 0 Å². The van der Waals surface area contributed by atoms with Crippen LogP contribution in [0.5, 0.6) is 0 Å². The zero-order valence-corrected chi connectivity index (χ0v) is 22.0. The molecule has 2 saturated carbocycles. The normalized spacial score (nSPS) is 52.7. The number of esters is 4. The second-order valence-corrected chi connectivity index (χ2v) is 11.6. The summed E-state index contributed by atoms with van der Waals surface area (Å²) in [6, 6.07) is 0. The summed E-state index contributed by atoms with van der Waals surface area (Å²) in [7, 11) is 0. The first-order valence-electron chi connectivity index (χ1n) is 12.6. The quantitative estimate of drug-likeness (QED) is 0.233. The third kappa shape index (κ3) is 2.72. The molecule has 11 atom stereocenters. The van der Waals surface area contributed by atoms with Crippen LogP contribution in [0.25, 0.3) is 0 Å². The van der Waals surface area contributed by atoms with Gasteiger partial charge >= 0.3 is 23.9 Å². The van der Waals surface area contributed by atoms with Crippen molar-refractivity contribution in [2.24, 2.45) is 17.3 Å². The minimum absolute atomic E-state index is 0.00218. The van der Waals surface area contributed by atoms with Crippen molar-refractivity contribution < 1.29 is 53.1 Å². The van der Waals surface area contributed by atoms with E-state index in [9.17, 15) is 29.4 Å². The third-order valence-electron chi connectivity index (χ3n) is 9.67. The van der Waals surface area contributed by atoms with E-state index in [2.05, 4.69) is 0 Å². The van der Waals surface area contributed by atoms with Crippen LogP contribution in [0.1, 0.15) is 61.3 Å². The molecule has 0 amide bonds. The maximum absolute atomic E-state index is 13.1. The van der Waals surface area contributed by atoms with Gasteiger partial charge in [0, 0.05) is 44.9 Å². The molecule has 0 aromatic rings. The molecule has 11 nitrogen and oxygen atoms in total. The number of epoxide rings is 1. The predicted molar refractivity (Wildman–Crippen MR) is 122 cm³/mol. The lowest BCUT2D eigenvalue weighted by Gasteiger charge is -2.77. The molecule has 0 aromatic heterocycles. The van der Waals surface area contributed by atoms with Crippen molar-refractivity contribution in [2.45, 2.75) is 108 Å². The molecule has 2 saturated heterocycles. The van der Waals surface area contributed by atoms with Gasteiger partial charge in [-0.3, -0.25) is 14.4 Å². The summed E-state index contributed by atoms with van der Waals surface area (Å²) < 4.78 is 29.4. The van der Waals surface area contributed by atoms with E-state index in [1.807, 2.05) is 0 Å². The predicted octanol–water partition coefficient (Wildman–Crippen LogP) is 0.723. The van der Waals surface area contributed by atoms with Crippen LogP contribution >= 0.6 is 0 Å². The Kier molecular flexibility index (Phi) is 5.32. The lowest BCUT2D eigenvalue weighted by atomic mass is 9.30. The van der Waals surface area contributed by atoms with Crippen molar-refractivity contribution in [3.63, 3.8) is 0 Å². The molecule has 2 aliphatic heterocycles. The van der Waals surface area contributed by atoms with Gasteiger partial charge in [0.25, 0.3) is 0 Å². The first kappa shape index (κ1) is 26.1. The van der Waals surface area contributed by atoms with Gasteiger partial charge in [0.15, 0.2) is 22.9 Å². The van der Waals surface area contributed by atoms with Crippen LogP contribution in [0.15, 0.2) is 11.6 Å². The van der Waals surface area contributed by atoms with Crippen LogP contribution in [-0.2, 0) is 42.9 Å². The topological polar surface area (TPSA) is 158 Å². The van der Waals surface area contributed by atoms with E-state index in [1.165, 1.54) is 27.7 Å². The van der Waals surface area contributed by atoms with Crippen LogP contribution in [0, 0.1) is 17.3 Å². The highest BCUT2D eigenvalue weighted by Gasteiger charge is 3.03. The van der Waals surface area contributed by atoms with Crippen LogP contribution in [0.4, 0.5) is 0 Å². The Hall–Kier alpha value is -2.50. The maximum atomic E-state index is 13.1. The van der Waals surface area contributed by atoms with Gasteiger partial charge < -0.3 is 33.9 Å². The largest absolute Gasteiger partial charge is 0.462 e. The highest BCUT2D eigenvalue weighted by Crippen LogP contribution is 2.81. The monoisotopic (exact) mass is 522 g/mol. The SMILES string of the molecule is CC(=O)O[C@H]1C[C@H](O)[C@H](C)[C@H]2[C@@]1(C)[C@]1(O)[C@@H](OC(C)=O)C/C(C)=C\[C@@H]3OC(=O)[C@@]4(C)O[C@]34[C@]21OC(C)=O. The number of carbonyl (C=O) groups excluding carboxylic acids is 4. The van der Waals surface area contributed by atoms with Gasteiger partial charge in [-0.25, -0.2) is 4.79 Å². The lowest BCUT2D eigenvalue weighted by molar-refractivity contribution is -0.434. The average Bonchev–Trinajstić information content (AvgIpc) is 3.36. The fraction of sp³-hybridized carbons (Fsp3) is 0.769. The summed E-state index contributed by atoms with van der Waals surface area (Å²) in [6.07, 6.45) is -2.66. The van der Waals surface area contributed by atoms with E-state index in [1.54, 1.807) is 26.8 Å². The molecule has 2 N–H and O–H groups in total. The zero-order chi connectivity index (χ0) is 27.5. The lowest BCUT2D eigenvalue weighted by Crippen LogP contribution is -2.95. The Balaban J connectivity index is 1.86. The minimum atomic E-state index is -2.21. The van der Waals surface area contributed by atoms with Crippen molar-refractivity contribution >= 4 is 23.9 Å². The van der Waals surface area contributed by atoms with Gasteiger partial charge in [0.05, 0.1) is 6.10 Å². The second-order valence-electron chi connectivity index (χ2n) is 11.6. The van der Waals surface area contributed by atoms with Gasteiger partial charge in [-0.2, -0.15) is 0 Å². The molecule has 0 aromatic carbocycles. The van der Waals surface area contributed by atoms with Gasteiger partial charge in [-0.15, -0.1) is 0 Å². The fourth-order valence-electron chi connectivity index (χ4n) is 8.41. The first-order chi connectivity index (χ1) is 17.0. The fourth-order valence-corrected chi connectivity index (χ4v) is 8.41. The van der Waals surface area contributed by atoms with Gasteiger partial charge in [0.2, 0.25) is 5.60 Å². The van der Waals surface area contributed by atoms with Crippen molar-refractivity contribution in [1.82, 2.24) is 0 Å². The minimum Gasteiger partial charge on any atom is -0.462 e. The molecule has 5 rings (SSSR count). The molecule has 3 aliphatic carbocycles. The van der Waals surface area contributed by atoms with Crippen molar-refractivity contribution in [3.8, 4) is 0 Å². The number of ether oxygens (including phenoxy) is 5. The van der Waals surface area contributed by atoms with Crippen LogP contribution < -0.4 is 0 Å². The molecule has 0 bridgehead atoms. The Bertz CT molecular complexity index is 1130. The summed E-state index contributed by atoms with van der Waals surface area (Å²) in [5.41, 5.74) is -8.24. The Morgan fingerprint density at radius 2 is 1.65 bits per heavy atom. The summed E-state index contributed by atoms with van der Waals surface area (Å²) >= 11 is 0. The summed E-state index contributed by atoms with van der Waals surface area (Å²) in [5, 5.41) is 24.1. The van der Waals surface area contributed by atoms with Crippen molar-refractivity contribution in [1.29, 1.82) is 0 Å². The first-order valence-corrected chi connectivity index (χ1v) is 12.6. The molecule has 11 heteroatoms. The van der Waals surface area contributed by atoms with E-state index < -0.39 is 87.9 Å². The van der Waals surface area contributed by atoms with Crippen LogP contribution in [-0.4, -0.2) is 80.9 Å². The summed E-state index contributed by atoms with van der Waals surface area (Å²) in [6.45, 7) is 10.3. The summed E-state index contributed by atoms with van der Waals surface area (Å²) in [4.78, 5) is 50.4. The van der Waals surface area contributed by atoms with E-state index in [0.29, 0.717) is 5.57 Å². The molecule has 4 fully saturated rings. The standard InChI is InChI=1S/C26H34O11/c1-11-8-18(34-14(4)28)24(32)22(6)17(33-13(3)27)10-16(30)12(2)20(22)26(24,36-15(5)29)25-19(9-11)35-21(31)23(25,7)37-25/h9,12,16-20,30,32H,8,10H2,1-7H3/b11-9-/t12-,16-,17-,18-,19-,20-,22-,23+,24+,25+,26-/m0/s1. The number of hydrogen-bond acceptors (Lipinski definition) is 11. The van der Waals surface area contributed by atoms with E-state index in [-0.39, 0.29) is 12.8 Å². The Morgan fingerprint density at radius 1 is 1.05 bits per heavy atom.